The van der Waals surface area contributed by atoms with Crippen LogP contribution in [0.1, 0.15) is 36.2 Å². The zero-order chi connectivity index (χ0) is 13.2. The van der Waals surface area contributed by atoms with E-state index in [4.69, 9.17) is 5.73 Å². The number of aryl methyl sites for hydroxylation is 1. The Hall–Kier alpha value is -1.94. The number of para-hydroxylation sites is 1. The van der Waals surface area contributed by atoms with Gasteiger partial charge in [0.05, 0.1) is 0 Å². The molecule has 1 unspecified atom stereocenters. The first-order chi connectivity index (χ1) is 9.25. The lowest BCUT2D eigenvalue weighted by Crippen LogP contribution is -2.09. The summed E-state index contributed by atoms with van der Waals surface area (Å²) >= 11 is 0. The van der Waals surface area contributed by atoms with Gasteiger partial charge in [-0.15, -0.1) is 0 Å². The third-order valence-electron chi connectivity index (χ3n) is 3.58. The van der Waals surface area contributed by atoms with E-state index in [-0.39, 0.29) is 6.04 Å². The van der Waals surface area contributed by atoms with Gasteiger partial charge in [-0.2, -0.15) is 0 Å². The SMILES string of the molecule is CC(N)c1ccccc1Nc1ncnc2c1CCC2. The van der Waals surface area contributed by atoms with Crippen LogP contribution in [-0.2, 0) is 12.8 Å². The molecule has 1 aliphatic carbocycles. The van der Waals surface area contributed by atoms with Gasteiger partial charge in [-0.05, 0) is 37.8 Å². The molecule has 0 spiro atoms. The molecule has 1 heterocycles. The molecule has 0 saturated heterocycles. The molecule has 3 N–H and O–H groups in total. The summed E-state index contributed by atoms with van der Waals surface area (Å²) in [6.45, 7) is 1.99. The molecular formula is C15H18N4. The van der Waals surface area contributed by atoms with Gasteiger partial charge in [0.25, 0.3) is 0 Å². The average molecular weight is 254 g/mol. The van der Waals surface area contributed by atoms with Gasteiger partial charge in [0, 0.05) is 23.0 Å². The maximum atomic E-state index is 6.01. The second kappa shape index (κ2) is 4.97. The number of nitrogens with zero attached hydrogens (tertiary/aromatic N) is 2. The van der Waals surface area contributed by atoms with Gasteiger partial charge in [-0.25, -0.2) is 9.97 Å². The van der Waals surface area contributed by atoms with Crippen LogP contribution in [0.2, 0.25) is 0 Å². The number of hydrogen-bond acceptors (Lipinski definition) is 4. The molecule has 1 aromatic heterocycles. The Morgan fingerprint density at radius 2 is 2.05 bits per heavy atom. The average Bonchev–Trinajstić information content (AvgIpc) is 2.88. The maximum absolute atomic E-state index is 6.01. The minimum Gasteiger partial charge on any atom is -0.340 e. The summed E-state index contributed by atoms with van der Waals surface area (Å²) in [5, 5.41) is 3.42. The Morgan fingerprint density at radius 1 is 1.21 bits per heavy atom. The van der Waals surface area contributed by atoms with Crippen LogP contribution in [0.4, 0.5) is 11.5 Å². The van der Waals surface area contributed by atoms with Crippen LogP contribution in [0.25, 0.3) is 0 Å². The monoisotopic (exact) mass is 254 g/mol. The van der Waals surface area contributed by atoms with E-state index in [0.717, 1.165) is 36.3 Å². The number of aromatic nitrogens is 2. The highest BCUT2D eigenvalue weighted by Gasteiger charge is 2.17. The standard InChI is InChI=1S/C15H18N4/c1-10(16)11-5-2-3-7-14(11)19-15-12-6-4-8-13(12)17-9-18-15/h2-3,5,7,9-10H,4,6,8,16H2,1H3,(H,17,18,19). The number of hydrogen-bond donors (Lipinski definition) is 2. The number of nitrogens with one attached hydrogen (secondary N) is 1. The number of benzene rings is 1. The van der Waals surface area contributed by atoms with Crippen LogP contribution >= 0.6 is 0 Å². The molecule has 0 saturated carbocycles. The van der Waals surface area contributed by atoms with Crippen molar-refractivity contribution >= 4 is 11.5 Å². The summed E-state index contributed by atoms with van der Waals surface area (Å²) in [4.78, 5) is 8.73. The van der Waals surface area contributed by atoms with Crippen molar-refractivity contribution in [3.8, 4) is 0 Å². The zero-order valence-corrected chi connectivity index (χ0v) is 11.1. The van der Waals surface area contributed by atoms with Gasteiger partial charge in [0.15, 0.2) is 0 Å². The number of anilines is 2. The van der Waals surface area contributed by atoms with Crippen molar-refractivity contribution in [3.63, 3.8) is 0 Å². The van der Waals surface area contributed by atoms with Gasteiger partial charge in [0.2, 0.25) is 0 Å². The van der Waals surface area contributed by atoms with Gasteiger partial charge in [-0.3, -0.25) is 0 Å². The molecule has 0 fully saturated rings. The first-order valence-corrected chi connectivity index (χ1v) is 6.70. The Balaban J connectivity index is 1.96. The molecule has 4 heteroatoms. The van der Waals surface area contributed by atoms with E-state index in [0.29, 0.717) is 0 Å². The van der Waals surface area contributed by atoms with E-state index >= 15 is 0 Å². The lowest BCUT2D eigenvalue weighted by molar-refractivity contribution is 0.820. The van der Waals surface area contributed by atoms with E-state index in [1.54, 1.807) is 6.33 Å². The molecule has 0 radical (unpaired) electrons. The Labute approximate surface area is 113 Å². The van der Waals surface area contributed by atoms with Crippen LogP contribution in [0.3, 0.4) is 0 Å². The third kappa shape index (κ3) is 2.31. The number of rotatable bonds is 3. The van der Waals surface area contributed by atoms with E-state index in [9.17, 15) is 0 Å². The van der Waals surface area contributed by atoms with Crippen LogP contribution in [0, 0.1) is 0 Å². The molecule has 0 bridgehead atoms. The van der Waals surface area contributed by atoms with Crippen LogP contribution in [0.15, 0.2) is 30.6 Å². The summed E-state index contributed by atoms with van der Waals surface area (Å²) in [6.07, 6.45) is 4.92. The molecule has 98 valence electrons. The van der Waals surface area contributed by atoms with Crippen molar-refractivity contribution in [1.82, 2.24) is 9.97 Å². The summed E-state index contributed by atoms with van der Waals surface area (Å²) in [6, 6.07) is 8.11. The van der Waals surface area contributed by atoms with E-state index < -0.39 is 0 Å². The number of nitrogens with two attached hydrogens (primary N) is 1. The minimum absolute atomic E-state index is 0.00131. The van der Waals surface area contributed by atoms with E-state index in [1.165, 1.54) is 11.3 Å². The fraction of sp³-hybridized carbons (Fsp3) is 0.333. The smallest absolute Gasteiger partial charge is 0.137 e. The normalized spacial score (nSPS) is 15.1. The topological polar surface area (TPSA) is 63.8 Å². The van der Waals surface area contributed by atoms with Crippen molar-refractivity contribution in [2.45, 2.75) is 32.2 Å². The highest BCUT2D eigenvalue weighted by atomic mass is 15.0. The molecule has 19 heavy (non-hydrogen) atoms. The summed E-state index contributed by atoms with van der Waals surface area (Å²) in [7, 11) is 0. The van der Waals surface area contributed by atoms with Crippen LogP contribution < -0.4 is 11.1 Å². The summed E-state index contributed by atoms with van der Waals surface area (Å²) in [5.41, 5.74) is 10.6. The van der Waals surface area contributed by atoms with Crippen molar-refractivity contribution in [1.29, 1.82) is 0 Å². The molecule has 0 aliphatic heterocycles. The predicted octanol–water partition coefficient (Wildman–Crippen LogP) is 2.73. The summed E-state index contributed by atoms with van der Waals surface area (Å²) < 4.78 is 0. The molecule has 1 atom stereocenters. The first-order valence-electron chi connectivity index (χ1n) is 6.70. The highest BCUT2D eigenvalue weighted by Crippen LogP contribution is 2.29. The maximum Gasteiger partial charge on any atom is 0.137 e. The van der Waals surface area contributed by atoms with Crippen molar-refractivity contribution < 1.29 is 0 Å². The lowest BCUT2D eigenvalue weighted by Gasteiger charge is -2.15. The van der Waals surface area contributed by atoms with Crippen molar-refractivity contribution in [3.05, 3.63) is 47.4 Å². The number of fused-ring (bicyclic) bond motifs is 1. The van der Waals surface area contributed by atoms with Gasteiger partial charge in [0.1, 0.15) is 12.1 Å². The largest absolute Gasteiger partial charge is 0.340 e. The first kappa shape index (κ1) is 12.1. The second-order valence-electron chi connectivity index (χ2n) is 5.00. The minimum atomic E-state index is -0.00131. The molecule has 3 rings (SSSR count). The lowest BCUT2D eigenvalue weighted by atomic mass is 10.1. The molecular weight excluding hydrogens is 236 g/mol. The zero-order valence-electron chi connectivity index (χ0n) is 11.1. The van der Waals surface area contributed by atoms with Gasteiger partial charge in [-0.1, -0.05) is 18.2 Å². The molecule has 0 amide bonds. The second-order valence-corrected chi connectivity index (χ2v) is 5.00. The van der Waals surface area contributed by atoms with Crippen molar-refractivity contribution in [2.75, 3.05) is 5.32 Å². The summed E-state index contributed by atoms with van der Waals surface area (Å²) in [5.74, 6) is 0.926. The predicted molar refractivity (Wildman–Crippen MR) is 76.4 cm³/mol. The fourth-order valence-electron chi connectivity index (χ4n) is 2.60. The van der Waals surface area contributed by atoms with E-state index in [2.05, 4.69) is 21.4 Å². The Kier molecular flexibility index (Phi) is 3.17. The van der Waals surface area contributed by atoms with Gasteiger partial charge >= 0.3 is 0 Å². The van der Waals surface area contributed by atoms with Crippen LogP contribution in [-0.4, -0.2) is 9.97 Å². The van der Waals surface area contributed by atoms with Crippen LogP contribution in [0.5, 0.6) is 0 Å². The quantitative estimate of drug-likeness (QED) is 0.884. The Bertz CT molecular complexity index is 592. The molecule has 1 aliphatic rings. The molecule has 1 aromatic carbocycles. The molecule has 4 nitrogen and oxygen atoms in total. The van der Waals surface area contributed by atoms with Crippen molar-refractivity contribution in [2.24, 2.45) is 5.73 Å². The van der Waals surface area contributed by atoms with E-state index in [1.807, 2.05) is 25.1 Å². The van der Waals surface area contributed by atoms with Gasteiger partial charge < -0.3 is 11.1 Å². The highest BCUT2D eigenvalue weighted by molar-refractivity contribution is 5.64. The fourth-order valence-corrected chi connectivity index (χ4v) is 2.60. The Morgan fingerprint density at radius 3 is 2.89 bits per heavy atom. The third-order valence-corrected chi connectivity index (χ3v) is 3.58. The molecule has 2 aromatic rings.